The van der Waals surface area contributed by atoms with Crippen LogP contribution in [0.25, 0.3) is 0 Å². The number of benzene rings is 1. The first-order valence-electron chi connectivity index (χ1n) is 9.33. The Bertz CT molecular complexity index is 703. The smallest absolute Gasteiger partial charge is 0.321 e. The highest BCUT2D eigenvalue weighted by atomic mass is 35.5. The molecule has 7 heteroatoms. The minimum Gasteiger partial charge on any atom is -0.338 e. The lowest BCUT2D eigenvalue weighted by Gasteiger charge is -2.23. The molecule has 0 radical (unpaired) electrons. The molecule has 6 nitrogen and oxygen atoms in total. The number of nitrogens with zero attached hydrogens (tertiary/aromatic N) is 1. The maximum atomic E-state index is 12.6. The molecular formula is C19H27ClN4O2. The van der Waals surface area contributed by atoms with Crippen molar-refractivity contribution in [2.24, 2.45) is 11.3 Å². The highest BCUT2D eigenvalue weighted by Gasteiger charge is 2.57. The summed E-state index contributed by atoms with van der Waals surface area (Å²) < 4.78 is 0. The molecule has 1 saturated heterocycles. The van der Waals surface area contributed by atoms with Gasteiger partial charge >= 0.3 is 6.03 Å². The van der Waals surface area contributed by atoms with E-state index in [1.54, 1.807) is 4.90 Å². The largest absolute Gasteiger partial charge is 0.338 e. The van der Waals surface area contributed by atoms with Crippen LogP contribution < -0.4 is 20.9 Å². The lowest BCUT2D eigenvalue weighted by Crippen LogP contribution is -2.38. The third kappa shape index (κ3) is 3.40. The zero-order chi connectivity index (χ0) is 17.4. The monoisotopic (exact) mass is 378 g/mol. The van der Waals surface area contributed by atoms with Crippen LogP contribution in [0.2, 0.25) is 0 Å². The molecule has 1 aromatic carbocycles. The Morgan fingerprint density at radius 2 is 2.08 bits per heavy atom. The van der Waals surface area contributed by atoms with Gasteiger partial charge in [-0.05, 0) is 68.8 Å². The van der Waals surface area contributed by atoms with Gasteiger partial charge in [-0.15, -0.1) is 12.4 Å². The highest BCUT2D eigenvalue weighted by Crippen LogP contribution is 2.58. The fourth-order valence-electron chi connectivity index (χ4n) is 4.34. The molecule has 26 heavy (non-hydrogen) atoms. The Labute approximate surface area is 160 Å². The van der Waals surface area contributed by atoms with Crippen molar-refractivity contribution in [3.63, 3.8) is 0 Å². The number of carbonyl (C=O) groups excluding carboxylic acids is 2. The quantitative estimate of drug-likeness (QED) is 0.756. The van der Waals surface area contributed by atoms with Gasteiger partial charge in [0.05, 0.1) is 5.69 Å². The predicted molar refractivity (Wildman–Crippen MR) is 105 cm³/mol. The minimum atomic E-state index is -0.0689. The molecule has 1 spiro atoms. The summed E-state index contributed by atoms with van der Waals surface area (Å²) in [6.07, 6.45) is 4.07. The van der Waals surface area contributed by atoms with Gasteiger partial charge in [-0.2, -0.15) is 0 Å². The van der Waals surface area contributed by atoms with E-state index in [4.69, 9.17) is 0 Å². The second-order valence-corrected chi connectivity index (χ2v) is 7.44. The van der Waals surface area contributed by atoms with Gasteiger partial charge in [0.1, 0.15) is 0 Å². The topological polar surface area (TPSA) is 73.5 Å². The molecule has 1 saturated carbocycles. The Kier molecular flexibility index (Phi) is 5.44. The number of hydrogen-bond donors (Lipinski definition) is 3. The van der Waals surface area contributed by atoms with E-state index >= 15 is 0 Å². The standard InChI is InChI=1S/C19H26N4O2.ClH/c1-2-21-18(25)23-10-5-13-3-4-14(11-16(13)23)22-17(24)15-12-19(15)6-8-20-9-7-19;/h3-4,11,15,20H,2,5-10,12H2,1H3,(H,21,25)(H,22,24);1H. The Balaban J connectivity index is 0.00000196. The molecule has 0 bridgehead atoms. The van der Waals surface area contributed by atoms with Gasteiger partial charge in [-0.1, -0.05) is 6.07 Å². The molecule has 1 unspecified atom stereocenters. The normalized spacial score (nSPS) is 22.3. The van der Waals surface area contributed by atoms with Crippen molar-refractivity contribution in [3.8, 4) is 0 Å². The molecule has 3 aliphatic rings. The average Bonchev–Trinajstić information content (AvgIpc) is 3.13. The summed E-state index contributed by atoms with van der Waals surface area (Å²) in [6, 6.07) is 5.85. The van der Waals surface area contributed by atoms with Gasteiger partial charge < -0.3 is 16.0 Å². The Morgan fingerprint density at radius 1 is 1.31 bits per heavy atom. The number of urea groups is 1. The van der Waals surface area contributed by atoms with Crippen LogP contribution in [-0.2, 0) is 11.2 Å². The number of piperidine rings is 1. The summed E-state index contributed by atoms with van der Waals surface area (Å²) in [7, 11) is 0. The highest BCUT2D eigenvalue weighted by molar-refractivity contribution is 5.98. The van der Waals surface area contributed by atoms with Gasteiger partial charge in [0.2, 0.25) is 5.91 Å². The molecule has 2 fully saturated rings. The molecule has 3 amide bonds. The van der Waals surface area contributed by atoms with Gasteiger partial charge in [-0.3, -0.25) is 9.69 Å². The van der Waals surface area contributed by atoms with Crippen LogP contribution in [0.4, 0.5) is 16.2 Å². The molecule has 1 aliphatic carbocycles. The summed E-state index contributed by atoms with van der Waals surface area (Å²) in [6.45, 7) is 5.25. The second kappa shape index (κ2) is 7.45. The number of hydrogen-bond acceptors (Lipinski definition) is 3. The number of nitrogens with one attached hydrogen (secondary N) is 3. The summed E-state index contributed by atoms with van der Waals surface area (Å²) >= 11 is 0. The van der Waals surface area contributed by atoms with E-state index in [1.807, 2.05) is 25.1 Å². The fourth-order valence-corrected chi connectivity index (χ4v) is 4.34. The van der Waals surface area contributed by atoms with Crippen LogP contribution in [0.3, 0.4) is 0 Å². The molecule has 0 aromatic heterocycles. The Morgan fingerprint density at radius 3 is 2.81 bits per heavy atom. The third-order valence-corrected chi connectivity index (χ3v) is 5.93. The first-order chi connectivity index (χ1) is 12.1. The van der Waals surface area contributed by atoms with Crippen LogP contribution >= 0.6 is 12.4 Å². The van der Waals surface area contributed by atoms with Gasteiger partial charge in [-0.25, -0.2) is 4.79 Å². The molecule has 2 aliphatic heterocycles. The zero-order valence-electron chi connectivity index (χ0n) is 15.1. The van der Waals surface area contributed by atoms with E-state index in [1.165, 1.54) is 0 Å². The van der Waals surface area contributed by atoms with Crippen molar-refractivity contribution in [2.75, 3.05) is 36.4 Å². The van der Waals surface area contributed by atoms with E-state index in [0.29, 0.717) is 13.1 Å². The van der Waals surface area contributed by atoms with E-state index in [2.05, 4.69) is 16.0 Å². The van der Waals surface area contributed by atoms with Crippen LogP contribution in [0.5, 0.6) is 0 Å². The number of halogens is 1. The van der Waals surface area contributed by atoms with Crippen LogP contribution in [0, 0.1) is 11.3 Å². The summed E-state index contributed by atoms with van der Waals surface area (Å²) in [5.74, 6) is 0.270. The van der Waals surface area contributed by atoms with Crippen molar-refractivity contribution >= 4 is 35.7 Å². The van der Waals surface area contributed by atoms with E-state index in [0.717, 1.165) is 55.7 Å². The van der Waals surface area contributed by atoms with Crippen LogP contribution in [0.15, 0.2) is 18.2 Å². The first-order valence-corrected chi connectivity index (χ1v) is 9.33. The van der Waals surface area contributed by atoms with E-state index < -0.39 is 0 Å². The summed E-state index contributed by atoms with van der Waals surface area (Å²) in [4.78, 5) is 26.6. The van der Waals surface area contributed by atoms with Crippen molar-refractivity contribution in [3.05, 3.63) is 23.8 Å². The predicted octanol–water partition coefficient (Wildman–Crippen LogP) is 2.53. The average molecular weight is 379 g/mol. The van der Waals surface area contributed by atoms with E-state index in [9.17, 15) is 9.59 Å². The molecule has 1 atom stereocenters. The van der Waals surface area contributed by atoms with Crippen LogP contribution in [-0.4, -0.2) is 38.1 Å². The van der Waals surface area contributed by atoms with Crippen molar-refractivity contribution in [1.29, 1.82) is 0 Å². The SMILES string of the molecule is CCNC(=O)N1CCc2ccc(NC(=O)C3CC34CCNCC4)cc21.Cl. The molecule has 142 valence electrons. The maximum absolute atomic E-state index is 12.6. The van der Waals surface area contributed by atoms with Crippen molar-refractivity contribution < 1.29 is 9.59 Å². The molecule has 2 heterocycles. The lowest BCUT2D eigenvalue weighted by atomic mass is 9.92. The van der Waals surface area contributed by atoms with Crippen LogP contribution in [0.1, 0.15) is 31.7 Å². The second-order valence-electron chi connectivity index (χ2n) is 7.44. The Hall–Kier alpha value is -1.79. The summed E-state index contributed by atoms with van der Waals surface area (Å²) in [5, 5.41) is 9.30. The minimum absolute atomic E-state index is 0. The van der Waals surface area contributed by atoms with Gasteiger partial charge in [0.15, 0.2) is 0 Å². The van der Waals surface area contributed by atoms with Gasteiger partial charge in [0.25, 0.3) is 0 Å². The number of fused-ring (bicyclic) bond motifs is 1. The zero-order valence-corrected chi connectivity index (χ0v) is 16.0. The van der Waals surface area contributed by atoms with Gasteiger partial charge in [0, 0.05) is 24.7 Å². The third-order valence-electron chi connectivity index (χ3n) is 5.93. The number of rotatable bonds is 3. The molecule has 4 rings (SSSR count). The van der Waals surface area contributed by atoms with Crippen molar-refractivity contribution in [1.82, 2.24) is 10.6 Å². The lowest BCUT2D eigenvalue weighted by molar-refractivity contribution is -0.118. The number of carbonyl (C=O) groups is 2. The molecular weight excluding hydrogens is 352 g/mol. The number of anilines is 2. The fraction of sp³-hybridized carbons (Fsp3) is 0.579. The maximum Gasteiger partial charge on any atom is 0.321 e. The molecule has 1 aromatic rings. The first kappa shape index (κ1) is 19.0. The number of amides is 3. The molecule has 3 N–H and O–H groups in total. The van der Waals surface area contributed by atoms with E-state index in [-0.39, 0.29) is 35.7 Å². The summed E-state index contributed by atoms with van der Waals surface area (Å²) in [5.41, 5.74) is 3.09. The van der Waals surface area contributed by atoms with Crippen molar-refractivity contribution in [2.45, 2.75) is 32.6 Å².